The zero-order valence-electron chi connectivity index (χ0n) is 22.7. The number of thiazole rings is 1. The van der Waals surface area contributed by atoms with Gasteiger partial charge in [0.15, 0.2) is 5.65 Å². The first-order chi connectivity index (χ1) is 20.5. The lowest BCUT2D eigenvalue weighted by Crippen LogP contribution is -2.20. The summed E-state index contributed by atoms with van der Waals surface area (Å²) in [6.07, 6.45) is 3.76. The van der Waals surface area contributed by atoms with Gasteiger partial charge in [-0.1, -0.05) is 23.7 Å². The summed E-state index contributed by atoms with van der Waals surface area (Å²) >= 11 is 7.64. The molecule has 1 atom stereocenters. The number of sulfonamides is 1. The van der Waals surface area contributed by atoms with Gasteiger partial charge in [-0.25, -0.2) is 32.4 Å². The number of aromatic nitrogens is 6. The lowest BCUT2D eigenvalue weighted by Gasteiger charge is -2.18. The molecule has 220 valence electrons. The highest BCUT2D eigenvalue weighted by Gasteiger charge is 2.26. The van der Waals surface area contributed by atoms with Crippen molar-refractivity contribution in [3.8, 4) is 28.3 Å². The van der Waals surface area contributed by atoms with E-state index in [0.717, 1.165) is 6.26 Å². The maximum Gasteiger partial charge on any atom is 0.265 e. The van der Waals surface area contributed by atoms with E-state index in [0.29, 0.717) is 38.2 Å². The van der Waals surface area contributed by atoms with Crippen LogP contribution in [0.15, 0.2) is 59.1 Å². The van der Waals surface area contributed by atoms with Gasteiger partial charge < -0.3 is 10.5 Å². The summed E-state index contributed by atoms with van der Waals surface area (Å²) in [4.78, 5) is 27.3. The van der Waals surface area contributed by atoms with Gasteiger partial charge in [-0.15, -0.1) is 11.3 Å². The fourth-order valence-electron chi connectivity index (χ4n) is 4.94. The van der Waals surface area contributed by atoms with E-state index in [1.165, 1.54) is 59.6 Å². The van der Waals surface area contributed by atoms with E-state index in [4.69, 9.17) is 27.2 Å². The van der Waals surface area contributed by atoms with Gasteiger partial charge in [-0.3, -0.25) is 13.9 Å². The molecule has 0 spiro atoms. The SMILES string of the molecule is COc1ncc(-c2nn(C(C)c3cc4scc(Cl)n4c(=O)c3-c3cccc(F)c3)c3ncnc(N)c23)cc1NS(C)(=O)=O. The van der Waals surface area contributed by atoms with Crippen LogP contribution in [0.25, 0.3) is 38.2 Å². The highest BCUT2D eigenvalue weighted by atomic mass is 35.5. The maximum atomic E-state index is 14.4. The van der Waals surface area contributed by atoms with Gasteiger partial charge in [-0.05, 0) is 42.3 Å². The molecule has 0 aliphatic rings. The second kappa shape index (κ2) is 10.6. The Morgan fingerprint density at radius 1 is 1.16 bits per heavy atom. The molecule has 0 saturated heterocycles. The van der Waals surface area contributed by atoms with Crippen LogP contribution in [0.3, 0.4) is 0 Å². The quantitative estimate of drug-likeness (QED) is 0.254. The second-order valence-electron chi connectivity index (χ2n) is 9.60. The smallest absolute Gasteiger partial charge is 0.265 e. The first-order valence-electron chi connectivity index (χ1n) is 12.6. The normalized spacial score (nSPS) is 12.6. The van der Waals surface area contributed by atoms with Crippen molar-refractivity contribution in [1.82, 2.24) is 29.1 Å². The summed E-state index contributed by atoms with van der Waals surface area (Å²) in [5.74, 6) is -0.328. The van der Waals surface area contributed by atoms with Gasteiger partial charge in [0.1, 0.15) is 39.3 Å². The van der Waals surface area contributed by atoms with Crippen molar-refractivity contribution in [2.45, 2.75) is 13.0 Å². The minimum atomic E-state index is -3.67. The lowest BCUT2D eigenvalue weighted by atomic mass is 9.97. The first-order valence-corrected chi connectivity index (χ1v) is 15.7. The molecule has 0 saturated carbocycles. The van der Waals surface area contributed by atoms with E-state index >= 15 is 0 Å². The second-order valence-corrected chi connectivity index (χ2v) is 12.6. The van der Waals surface area contributed by atoms with Gasteiger partial charge in [0.05, 0.1) is 30.4 Å². The van der Waals surface area contributed by atoms with Crippen LogP contribution in [0.5, 0.6) is 5.88 Å². The topological polar surface area (TPSA) is 159 Å². The Balaban J connectivity index is 1.60. The maximum absolute atomic E-state index is 14.4. The molecule has 0 aliphatic carbocycles. The summed E-state index contributed by atoms with van der Waals surface area (Å²) in [7, 11) is -2.31. The monoisotopic (exact) mass is 640 g/mol. The number of benzene rings is 1. The highest BCUT2D eigenvalue weighted by Crippen LogP contribution is 2.38. The molecule has 0 aliphatic heterocycles. The molecule has 0 fully saturated rings. The molecule has 43 heavy (non-hydrogen) atoms. The standard InChI is InChI=1S/C27H22ClFN8O4S2/c1-13(17-9-20-36(19(28)11-42-20)27(38)21(17)14-5-4-6-16(29)7-14)37-25-22(24(30)32-12-33-25)23(34-37)15-8-18(35-43(3,39)40)26(41-2)31-10-15/h4-13,35H,1-3H3,(H2,30,32,33). The van der Waals surface area contributed by atoms with Crippen LogP contribution in [0.4, 0.5) is 15.9 Å². The number of ether oxygens (including phenoxy) is 1. The molecule has 0 amide bonds. The summed E-state index contributed by atoms with van der Waals surface area (Å²) in [5.41, 5.74) is 8.19. The molecule has 3 N–H and O–H groups in total. The van der Waals surface area contributed by atoms with Crippen LogP contribution < -0.4 is 20.8 Å². The number of nitrogens with one attached hydrogen (secondary N) is 1. The van der Waals surface area contributed by atoms with Crippen molar-refractivity contribution in [1.29, 1.82) is 0 Å². The fraction of sp³-hybridized carbons (Fsp3) is 0.148. The largest absolute Gasteiger partial charge is 0.480 e. The zero-order chi connectivity index (χ0) is 30.6. The molecular formula is C27H22ClFN8O4S2. The van der Waals surface area contributed by atoms with E-state index in [1.54, 1.807) is 16.1 Å². The molecule has 1 unspecified atom stereocenters. The van der Waals surface area contributed by atoms with E-state index in [1.807, 2.05) is 13.0 Å². The molecule has 16 heteroatoms. The average molecular weight is 641 g/mol. The molecule has 12 nitrogen and oxygen atoms in total. The Bertz CT molecular complexity index is 2230. The summed E-state index contributed by atoms with van der Waals surface area (Å²) in [5, 5.41) is 7.10. The van der Waals surface area contributed by atoms with Gasteiger partial charge >= 0.3 is 0 Å². The number of hydrogen-bond acceptors (Lipinski definition) is 10. The molecular weight excluding hydrogens is 619 g/mol. The minimum absolute atomic E-state index is 0.0543. The van der Waals surface area contributed by atoms with Crippen molar-refractivity contribution in [3.05, 3.63) is 81.2 Å². The third kappa shape index (κ3) is 5.04. The Morgan fingerprint density at radius 3 is 2.67 bits per heavy atom. The minimum Gasteiger partial charge on any atom is -0.480 e. The number of nitrogens with zero attached hydrogens (tertiary/aromatic N) is 6. The van der Waals surface area contributed by atoms with E-state index < -0.39 is 27.4 Å². The van der Waals surface area contributed by atoms with Crippen LogP contribution in [-0.4, -0.2) is 50.9 Å². The Morgan fingerprint density at radius 2 is 1.95 bits per heavy atom. The number of anilines is 2. The number of rotatable bonds is 7. The highest BCUT2D eigenvalue weighted by molar-refractivity contribution is 7.92. The number of methoxy groups -OCH3 is 1. The predicted molar refractivity (Wildman–Crippen MR) is 164 cm³/mol. The zero-order valence-corrected chi connectivity index (χ0v) is 25.1. The van der Waals surface area contributed by atoms with Crippen LogP contribution >= 0.6 is 22.9 Å². The fourth-order valence-corrected chi connectivity index (χ4v) is 6.64. The molecule has 0 bridgehead atoms. The van der Waals surface area contributed by atoms with Gasteiger partial charge in [0.2, 0.25) is 15.9 Å². The number of halogens is 2. The molecule has 1 aromatic carbocycles. The van der Waals surface area contributed by atoms with Crippen LogP contribution in [0.2, 0.25) is 5.15 Å². The summed E-state index contributed by atoms with van der Waals surface area (Å²) in [6, 6.07) is 8.44. The summed E-state index contributed by atoms with van der Waals surface area (Å²) < 4.78 is 49.0. The molecule has 6 rings (SSSR count). The van der Waals surface area contributed by atoms with Crippen LogP contribution in [0, 0.1) is 5.82 Å². The molecule has 0 radical (unpaired) electrons. The van der Waals surface area contributed by atoms with Crippen molar-refractivity contribution in [3.63, 3.8) is 0 Å². The van der Waals surface area contributed by atoms with Gasteiger partial charge in [0, 0.05) is 17.1 Å². The molecule has 6 aromatic rings. The molecule has 5 aromatic heterocycles. The van der Waals surface area contributed by atoms with Gasteiger partial charge in [-0.2, -0.15) is 5.10 Å². The predicted octanol–water partition coefficient (Wildman–Crippen LogP) is 4.59. The van der Waals surface area contributed by atoms with Crippen molar-refractivity contribution in [2.24, 2.45) is 0 Å². The number of nitrogens with two attached hydrogens (primary N) is 1. The van der Waals surface area contributed by atoms with E-state index in [-0.39, 0.29) is 28.1 Å². The van der Waals surface area contributed by atoms with Crippen molar-refractivity contribution < 1.29 is 17.5 Å². The van der Waals surface area contributed by atoms with E-state index in [2.05, 4.69) is 19.7 Å². The van der Waals surface area contributed by atoms with Crippen LogP contribution in [0.1, 0.15) is 18.5 Å². The summed E-state index contributed by atoms with van der Waals surface area (Å²) in [6.45, 7) is 1.82. The lowest BCUT2D eigenvalue weighted by molar-refractivity contribution is 0.400. The number of fused-ring (bicyclic) bond motifs is 2. The van der Waals surface area contributed by atoms with Gasteiger partial charge in [0.25, 0.3) is 5.56 Å². The first kappa shape index (κ1) is 28.5. The Hall–Kier alpha value is -4.60. The van der Waals surface area contributed by atoms with E-state index in [9.17, 15) is 17.6 Å². The number of pyridine rings is 2. The Labute approximate surface area is 252 Å². The van der Waals surface area contributed by atoms with Crippen molar-refractivity contribution >= 4 is 60.3 Å². The third-order valence-electron chi connectivity index (χ3n) is 6.76. The van der Waals surface area contributed by atoms with Crippen molar-refractivity contribution in [2.75, 3.05) is 23.8 Å². The Kier molecular flexibility index (Phi) is 7.02. The third-order valence-corrected chi connectivity index (χ3v) is 8.64. The van der Waals surface area contributed by atoms with Crippen LogP contribution in [-0.2, 0) is 10.0 Å². The number of hydrogen-bond donors (Lipinski definition) is 2. The average Bonchev–Trinajstić information content (AvgIpc) is 3.53. The number of nitrogen functional groups attached to an aromatic ring is 1. The molecule has 5 heterocycles.